The Morgan fingerprint density at radius 1 is 1.04 bits per heavy atom. The minimum absolute atomic E-state index is 0.00679. The number of allylic oxidation sites excluding steroid dienone is 1. The highest BCUT2D eigenvalue weighted by Crippen LogP contribution is 2.21. The summed E-state index contributed by atoms with van der Waals surface area (Å²) in [6.07, 6.45) is 5.54. The van der Waals surface area contributed by atoms with Crippen molar-refractivity contribution >= 4 is 23.6 Å². The molecule has 0 aromatic heterocycles. The van der Waals surface area contributed by atoms with Crippen molar-refractivity contribution in [2.24, 2.45) is 0 Å². The fourth-order valence-corrected chi connectivity index (χ4v) is 2.93. The third-order valence-corrected chi connectivity index (χ3v) is 4.62. The van der Waals surface area contributed by atoms with Crippen molar-refractivity contribution in [3.8, 4) is 5.75 Å². The lowest BCUT2D eigenvalue weighted by atomic mass is 10.1. The zero-order chi connectivity index (χ0) is 17.2. The van der Waals surface area contributed by atoms with Crippen molar-refractivity contribution in [3.63, 3.8) is 0 Å². The fraction of sp³-hybridized carbons (Fsp3) is 0.286. The maximum atomic E-state index is 12.3. The summed E-state index contributed by atoms with van der Waals surface area (Å²) >= 11 is 1.81. The summed E-state index contributed by atoms with van der Waals surface area (Å²) in [5, 5.41) is 0. The van der Waals surface area contributed by atoms with E-state index in [0.29, 0.717) is 12.2 Å². The molecule has 0 atom stereocenters. The zero-order valence-electron chi connectivity index (χ0n) is 14.3. The molecule has 0 bridgehead atoms. The maximum absolute atomic E-state index is 12.3. The molecule has 2 aromatic carbocycles. The first kappa shape index (κ1) is 18.3. The van der Waals surface area contributed by atoms with Crippen LogP contribution in [0.5, 0.6) is 5.75 Å². The lowest BCUT2D eigenvalue weighted by Crippen LogP contribution is -1.97. The van der Waals surface area contributed by atoms with Gasteiger partial charge in [-0.2, -0.15) is 0 Å². The van der Waals surface area contributed by atoms with Gasteiger partial charge >= 0.3 is 0 Å². The third-order valence-electron chi connectivity index (χ3n) is 3.41. The molecule has 0 aliphatic carbocycles. The van der Waals surface area contributed by atoms with Crippen molar-refractivity contribution in [1.29, 1.82) is 0 Å². The zero-order valence-corrected chi connectivity index (χ0v) is 15.1. The third kappa shape index (κ3) is 5.57. The molecule has 0 heterocycles. The highest BCUT2D eigenvalue weighted by molar-refractivity contribution is 7.99. The van der Waals surface area contributed by atoms with Crippen LogP contribution < -0.4 is 4.74 Å². The molecule has 0 unspecified atom stereocenters. The Hall–Kier alpha value is -2.00. The highest BCUT2D eigenvalue weighted by Gasteiger charge is 2.04. The SMILES string of the molecule is CCCOc1ccccc1/C=C/C(=O)c1ccc(SCCC)cc1. The predicted octanol–water partition coefficient (Wildman–Crippen LogP) is 5.87. The lowest BCUT2D eigenvalue weighted by Gasteiger charge is -2.07. The molecule has 0 amide bonds. The number of para-hydroxylation sites is 1. The fourth-order valence-electron chi connectivity index (χ4n) is 2.16. The smallest absolute Gasteiger partial charge is 0.185 e. The standard InChI is InChI=1S/C21H24O2S/c1-3-15-23-21-8-6-5-7-18(21)11-14-20(22)17-9-12-19(13-10-17)24-16-4-2/h5-14H,3-4,15-16H2,1-2H3/b14-11+. The topological polar surface area (TPSA) is 26.3 Å². The summed E-state index contributed by atoms with van der Waals surface area (Å²) < 4.78 is 5.71. The normalized spacial score (nSPS) is 10.9. The van der Waals surface area contributed by atoms with Gasteiger partial charge in [0.1, 0.15) is 5.75 Å². The Bertz CT molecular complexity index is 674. The van der Waals surface area contributed by atoms with E-state index in [1.165, 1.54) is 4.90 Å². The van der Waals surface area contributed by atoms with E-state index in [2.05, 4.69) is 13.8 Å². The van der Waals surface area contributed by atoms with Gasteiger partial charge < -0.3 is 4.74 Å². The van der Waals surface area contributed by atoms with Gasteiger partial charge in [0.15, 0.2) is 5.78 Å². The molecule has 2 rings (SSSR count). The molecule has 0 aliphatic rings. The van der Waals surface area contributed by atoms with E-state index >= 15 is 0 Å². The maximum Gasteiger partial charge on any atom is 0.185 e. The minimum atomic E-state index is 0.00679. The average Bonchev–Trinajstić information content (AvgIpc) is 2.63. The molecule has 0 fully saturated rings. The predicted molar refractivity (Wildman–Crippen MR) is 103 cm³/mol. The Balaban J connectivity index is 2.05. The molecule has 0 N–H and O–H groups in total. The van der Waals surface area contributed by atoms with Gasteiger partial charge in [-0.15, -0.1) is 11.8 Å². The number of carbonyl (C=O) groups is 1. The van der Waals surface area contributed by atoms with Crippen LogP contribution in [0.4, 0.5) is 0 Å². The number of ketones is 1. The molecule has 24 heavy (non-hydrogen) atoms. The second-order valence-electron chi connectivity index (χ2n) is 5.46. The largest absolute Gasteiger partial charge is 0.493 e. The Morgan fingerprint density at radius 2 is 1.79 bits per heavy atom. The molecule has 3 heteroatoms. The van der Waals surface area contributed by atoms with Gasteiger partial charge in [0.25, 0.3) is 0 Å². The number of hydrogen-bond acceptors (Lipinski definition) is 3. The summed E-state index contributed by atoms with van der Waals surface area (Å²) in [7, 11) is 0. The number of ether oxygens (including phenoxy) is 1. The highest BCUT2D eigenvalue weighted by atomic mass is 32.2. The van der Waals surface area contributed by atoms with Crippen molar-refractivity contribution in [2.75, 3.05) is 12.4 Å². The Morgan fingerprint density at radius 3 is 2.50 bits per heavy atom. The van der Waals surface area contributed by atoms with Crippen LogP contribution in [0.2, 0.25) is 0 Å². The van der Waals surface area contributed by atoms with E-state index in [1.807, 2.05) is 66.4 Å². The van der Waals surface area contributed by atoms with Crippen LogP contribution in [-0.2, 0) is 0 Å². The summed E-state index contributed by atoms with van der Waals surface area (Å²) in [4.78, 5) is 13.5. The first-order chi connectivity index (χ1) is 11.7. The first-order valence-electron chi connectivity index (χ1n) is 8.41. The summed E-state index contributed by atoms with van der Waals surface area (Å²) in [6, 6.07) is 15.6. The minimum Gasteiger partial charge on any atom is -0.493 e. The molecular weight excluding hydrogens is 316 g/mol. The summed E-state index contributed by atoms with van der Waals surface area (Å²) in [5.41, 5.74) is 1.63. The quantitative estimate of drug-likeness (QED) is 0.324. The molecular formula is C21H24O2S. The van der Waals surface area contributed by atoms with Crippen molar-refractivity contribution < 1.29 is 9.53 Å². The van der Waals surface area contributed by atoms with Gasteiger partial charge in [-0.05, 0) is 61.1 Å². The monoisotopic (exact) mass is 340 g/mol. The summed E-state index contributed by atoms with van der Waals surface area (Å²) in [6.45, 7) is 4.91. The molecule has 126 valence electrons. The lowest BCUT2D eigenvalue weighted by molar-refractivity contribution is 0.104. The average molecular weight is 340 g/mol. The second kappa shape index (κ2) is 9.99. The number of rotatable bonds is 9. The Labute approximate surface area is 148 Å². The molecule has 0 saturated carbocycles. The molecule has 0 saturated heterocycles. The van der Waals surface area contributed by atoms with E-state index < -0.39 is 0 Å². The Kier molecular flexibility index (Phi) is 7.63. The van der Waals surface area contributed by atoms with E-state index in [4.69, 9.17) is 4.74 Å². The van der Waals surface area contributed by atoms with Crippen LogP contribution in [0.25, 0.3) is 6.08 Å². The van der Waals surface area contributed by atoms with Crippen LogP contribution in [0.15, 0.2) is 59.5 Å². The van der Waals surface area contributed by atoms with E-state index in [0.717, 1.165) is 29.9 Å². The summed E-state index contributed by atoms with van der Waals surface area (Å²) in [5.74, 6) is 1.92. The van der Waals surface area contributed by atoms with E-state index in [1.54, 1.807) is 6.08 Å². The number of thioether (sulfide) groups is 1. The first-order valence-corrected chi connectivity index (χ1v) is 9.40. The molecule has 0 aliphatic heterocycles. The number of benzene rings is 2. The molecule has 0 radical (unpaired) electrons. The van der Waals surface area contributed by atoms with Crippen LogP contribution in [0, 0.1) is 0 Å². The molecule has 2 nitrogen and oxygen atoms in total. The van der Waals surface area contributed by atoms with Crippen LogP contribution in [0.1, 0.15) is 42.6 Å². The van der Waals surface area contributed by atoms with E-state index in [9.17, 15) is 4.79 Å². The van der Waals surface area contributed by atoms with Gasteiger partial charge in [0.2, 0.25) is 0 Å². The van der Waals surface area contributed by atoms with Gasteiger partial charge in [-0.1, -0.05) is 32.0 Å². The number of carbonyl (C=O) groups excluding carboxylic acids is 1. The van der Waals surface area contributed by atoms with Crippen LogP contribution >= 0.6 is 11.8 Å². The molecule has 0 spiro atoms. The van der Waals surface area contributed by atoms with Gasteiger partial charge in [0, 0.05) is 16.0 Å². The van der Waals surface area contributed by atoms with Crippen LogP contribution in [0.3, 0.4) is 0 Å². The van der Waals surface area contributed by atoms with Crippen molar-refractivity contribution in [3.05, 3.63) is 65.7 Å². The van der Waals surface area contributed by atoms with Gasteiger partial charge in [0.05, 0.1) is 6.61 Å². The van der Waals surface area contributed by atoms with Gasteiger partial charge in [-0.3, -0.25) is 4.79 Å². The number of hydrogen-bond donors (Lipinski definition) is 0. The van der Waals surface area contributed by atoms with Gasteiger partial charge in [-0.25, -0.2) is 0 Å². The van der Waals surface area contributed by atoms with Crippen LogP contribution in [-0.4, -0.2) is 18.1 Å². The van der Waals surface area contributed by atoms with Crippen molar-refractivity contribution in [2.45, 2.75) is 31.6 Å². The second-order valence-corrected chi connectivity index (χ2v) is 6.63. The van der Waals surface area contributed by atoms with Crippen molar-refractivity contribution in [1.82, 2.24) is 0 Å². The molecule has 2 aromatic rings. The van der Waals surface area contributed by atoms with E-state index in [-0.39, 0.29) is 5.78 Å².